The zero-order valence-electron chi connectivity index (χ0n) is 13.9. The molecule has 0 saturated heterocycles. The summed E-state index contributed by atoms with van der Waals surface area (Å²) < 4.78 is 5.55. The molecule has 1 atom stereocenters. The second kappa shape index (κ2) is 9.05. The van der Waals surface area contributed by atoms with Gasteiger partial charge in [0.05, 0.1) is 12.6 Å². The fourth-order valence-electron chi connectivity index (χ4n) is 1.98. The Bertz CT molecular complexity index is 410. The molecule has 1 aromatic heterocycles. The quantitative estimate of drug-likeness (QED) is 0.601. The van der Waals surface area contributed by atoms with E-state index in [4.69, 9.17) is 4.74 Å². The van der Waals surface area contributed by atoms with Crippen LogP contribution in [0.25, 0.3) is 0 Å². The zero-order chi connectivity index (χ0) is 15.7. The van der Waals surface area contributed by atoms with Gasteiger partial charge in [-0.25, -0.2) is 0 Å². The molecule has 5 heteroatoms. The number of ether oxygens (including phenoxy) is 1. The minimum absolute atomic E-state index is 0.0898. The molecular weight excluding hydrogens is 282 g/mol. The fourth-order valence-corrected chi connectivity index (χ4v) is 2.69. The van der Waals surface area contributed by atoms with E-state index in [-0.39, 0.29) is 11.5 Å². The molecule has 1 heterocycles. The van der Waals surface area contributed by atoms with Crippen molar-refractivity contribution in [3.8, 4) is 0 Å². The first-order chi connectivity index (χ1) is 9.97. The Morgan fingerprint density at radius 2 is 2.14 bits per heavy atom. The molecular formula is C16H29N3OS. The van der Waals surface area contributed by atoms with E-state index in [0.717, 1.165) is 25.5 Å². The van der Waals surface area contributed by atoms with E-state index < -0.39 is 0 Å². The van der Waals surface area contributed by atoms with Gasteiger partial charge in [0.1, 0.15) is 0 Å². The summed E-state index contributed by atoms with van der Waals surface area (Å²) in [5.74, 6) is 0.861. The monoisotopic (exact) mass is 311 g/mol. The van der Waals surface area contributed by atoms with Gasteiger partial charge in [0.2, 0.25) is 0 Å². The van der Waals surface area contributed by atoms with Crippen LogP contribution in [0.3, 0.4) is 0 Å². The molecule has 0 amide bonds. The molecule has 1 unspecified atom stereocenters. The van der Waals surface area contributed by atoms with Gasteiger partial charge in [-0.2, -0.15) is 0 Å². The van der Waals surface area contributed by atoms with Gasteiger partial charge in [0.25, 0.3) is 0 Å². The third kappa shape index (κ3) is 6.96. The molecule has 0 saturated carbocycles. The van der Waals surface area contributed by atoms with Crippen LogP contribution >= 0.6 is 11.3 Å². The Morgan fingerprint density at radius 1 is 1.38 bits per heavy atom. The second-order valence-corrected chi connectivity index (χ2v) is 7.10. The summed E-state index contributed by atoms with van der Waals surface area (Å²) in [7, 11) is 1.75. The van der Waals surface area contributed by atoms with Gasteiger partial charge in [0.15, 0.2) is 5.96 Å². The van der Waals surface area contributed by atoms with Gasteiger partial charge in [-0.3, -0.25) is 4.99 Å². The van der Waals surface area contributed by atoms with Crippen LogP contribution in [0.5, 0.6) is 0 Å². The van der Waals surface area contributed by atoms with Crippen LogP contribution in [0.4, 0.5) is 0 Å². The minimum Gasteiger partial charge on any atom is -0.379 e. The lowest BCUT2D eigenvalue weighted by atomic mass is 9.89. The summed E-state index contributed by atoms with van der Waals surface area (Å²) in [6, 6.07) is 4.25. The maximum atomic E-state index is 5.55. The highest BCUT2D eigenvalue weighted by Crippen LogP contribution is 2.21. The van der Waals surface area contributed by atoms with Crippen LogP contribution in [-0.4, -0.2) is 38.8 Å². The predicted molar refractivity (Wildman–Crippen MR) is 92.3 cm³/mol. The number of hydrogen-bond donors (Lipinski definition) is 2. The standard InChI is InChI=1S/C16H29N3OS/c1-6-17-15(18-10-9-13-8-7-11-21-13)19-12-14(20-5)16(2,3)4/h7-8,11,14H,6,9-10,12H2,1-5H3,(H2,17,18,19). The van der Waals surface area contributed by atoms with Crippen LogP contribution in [0, 0.1) is 5.41 Å². The Balaban J connectivity index is 2.48. The molecule has 1 aromatic rings. The summed E-state index contributed by atoms with van der Waals surface area (Å²) in [6.45, 7) is 11.0. The first-order valence-corrected chi connectivity index (χ1v) is 8.42. The molecule has 1 rings (SSSR count). The SMILES string of the molecule is CCNC(=NCC(OC)C(C)(C)C)NCCc1cccs1. The van der Waals surface area contributed by atoms with E-state index in [1.165, 1.54) is 4.88 Å². The molecule has 4 nitrogen and oxygen atoms in total. The van der Waals surface area contributed by atoms with E-state index in [9.17, 15) is 0 Å². The summed E-state index contributed by atoms with van der Waals surface area (Å²) in [6.07, 6.45) is 1.14. The van der Waals surface area contributed by atoms with Crippen molar-refractivity contribution in [1.29, 1.82) is 0 Å². The van der Waals surface area contributed by atoms with Gasteiger partial charge < -0.3 is 15.4 Å². The fraction of sp³-hybridized carbons (Fsp3) is 0.688. The molecule has 2 N–H and O–H groups in total. The van der Waals surface area contributed by atoms with Gasteiger partial charge >= 0.3 is 0 Å². The number of rotatable bonds is 7. The van der Waals surface area contributed by atoms with Crippen LogP contribution in [-0.2, 0) is 11.2 Å². The maximum absolute atomic E-state index is 5.55. The number of aliphatic imine (C=N–C) groups is 1. The van der Waals surface area contributed by atoms with Gasteiger partial charge in [0, 0.05) is 25.1 Å². The molecule has 0 radical (unpaired) electrons. The lowest BCUT2D eigenvalue weighted by Crippen LogP contribution is -2.40. The first-order valence-electron chi connectivity index (χ1n) is 7.54. The molecule has 0 bridgehead atoms. The average Bonchev–Trinajstić information content (AvgIpc) is 2.91. The van der Waals surface area contributed by atoms with Crippen LogP contribution in [0.1, 0.15) is 32.6 Å². The Hall–Kier alpha value is -1.07. The first kappa shape index (κ1) is 18.0. The molecule has 0 aliphatic rings. The molecule has 21 heavy (non-hydrogen) atoms. The molecule has 0 aromatic carbocycles. The van der Waals surface area contributed by atoms with Gasteiger partial charge in [-0.15, -0.1) is 11.3 Å². The van der Waals surface area contributed by atoms with Gasteiger partial charge in [-0.1, -0.05) is 26.8 Å². The van der Waals surface area contributed by atoms with E-state index >= 15 is 0 Å². The van der Waals surface area contributed by atoms with Crippen LogP contribution < -0.4 is 10.6 Å². The highest BCUT2D eigenvalue weighted by molar-refractivity contribution is 7.09. The minimum atomic E-state index is 0.0898. The second-order valence-electron chi connectivity index (χ2n) is 6.07. The van der Waals surface area contributed by atoms with Crippen molar-refractivity contribution in [2.24, 2.45) is 10.4 Å². The third-order valence-electron chi connectivity index (χ3n) is 3.25. The van der Waals surface area contributed by atoms with Crippen molar-refractivity contribution in [2.75, 3.05) is 26.7 Å². The Kier molecular flexibility index (Phi) is 7.75. The van der Waals surface area contributed by atoms with Crippen molar-refractivity contribution >= 4 is 17.3 Å². The summed E-state index contributed by atoms with van der Waals surface area (Å²) in [4.78, 5) is 6.03. The molecule has 0 aliphatic carbocycles. The van der Waals surface area contributed by atoms with E-state index in [0.29, 0.717) is 6.54 Å². The van der Waals surface area contributed by atoms with Crippen LogP contribution in [0.15, 0.2) is 22.5 Å². The largest absolute Gasteiger partial charge is 0.379 e. The number of nitrogens with one attached hydrogen (secondary N) is 2. The summed E-state index contributed by atoms with van der Waals surface area (Å²) in [5.41, 5.74) is 0.0898. The number of guanidine groups is 1. The van der Waals surface area contributed by atoms with Crippen molar-refractivity contribution < 1.29 is 4.74 Å². The summed E-state index contributed by atoms with van der Waals surface area (Å²) >= 11 is 1.79. The van der Waals surface area contributed by atoms with E-state index in [1.54, 1.807) is 18.4 Å². The Labute approximate surface area is 133 Å². The predicted octanol–water partition coefficient (Wildman–Crippen LogP) is 2.91. The van der Waals surface area contributed by atoms with Crippen molar-refractivity contribution in [2.45, 2.75) is 40.2 Å². The topological polar surface area (TPSA) is 45.7 Å². The van der Waals surface area contributed by atoms with E-state index in [2.05, 4.69) is 60.8 Å². The van der Waals surface area contributed by atoms with Gasteiger partial charge in [-0.05, 0) is 30.2 Å². The molecule has 0 aliphatic heterocycles. The smallest absolute Gasteiger partial charge is 0.191 e. The number of thiophene rings is 1. The lowest BCUT2D eigenvalue weighted by Gasteiger charge is -2.28. The number of hydrogen-bond acceptors (Lipinski definition) is 3. The van der Waals surface area contributed by atoms with Crippen molar-refractivity contribution in [3.05, 3.63) is 22.4 Å². The number of methoxy groups -OCH3 is 1. The van der Waals surface area contributed by atoms with Crippen molar-refractivity contribution in [3.63, 3.8) is 0 Å². The average molecular weight is 311 g/mol. The summed E-state index contributed by atoms with van der Waals surface area (Å²) in [5, 5.41) is 8.77. The third-order valence-corrected chi connectivity index (χ3v) is 4.19. The maximum Gasteiger partial charge on any atom is 0.191 e. The van der Waals surface area contributed by atoms with E-state index in [1.807, 2.05) is 0 Å². The van der Waals surface area contributed by atoms with Crippen LogP contribution in [0.2, 0.25) is 0 Å². The highest BCUT2D eigenvalue weighted by atomic mass is 32.1. The molecule has 120 valence electrons. The molecule has 0 fully saturated rings. The normalized spacial score (nSPS) is 14.0. The highest BCUT2D eigenvalue weighted by Gasteiger charge is 2.23. The lowest BCUT2D eigenvalue weighted by molar-refractivity contribution is 0.0241. The number of nitrogens with zero attached hydrogens (tertiary/aromatic N) is 1. The molecule has 0 spiro atoms. The zero-order valence-corrected chi connectivity index (χ0v) is 14.7. The van der Waals surface area contributed by atoms with Crippen molar-refractivity contribution in [1.82, 2.24) is 10.6 Å². The Morgan fingerprint density at radius 3 is 2.67 bits per heavy atom.